The first kappa shape index (κ1) is 15.3. The van der Waals surface area contributed by atoms with Gasteiger partial charge in [0.2, 0.25) is 0 Å². The summed E-state index contributed by atoms with van der Waals surface area (Å²) in [6.45, 7) is 5.96. The number of rotatable bonds is 4. The summed E-state index contributed by atoms with van der Waals surface area (Å²) in [5.74, 6) is -0.409. The molecule has 1 heterocycles. The maximum Gasteiger partial charge on any atom is 0.251 e. The molecule has 0 spiro atoms. The van der Waals surface area contributed by atoms with Gasteiger partial charge < -0.3 is 16.4 Å². The third-order valence-electron chi connectivity index (χ3n) is 3.40. The number of hydrogen-bond donors (Lipinski definition) is 2. The average Bonchev–Trinajstić information content (AvgIpc) is 2.68. The van der Waals surface area contributed by atoms with Crippen LogP contribution >= 0.6 is 11.3 Å². The molecule has 2 rings (SSSR count). The maximum absolute atomic E-state index is 11.6. The quantitative estimate of drug-likeness (QED) is 0.887. The lowest BCUT2D eigenvalue weighted by Gasteiger charge is -2.21. The summed E-state index contributed by atoms with van der Waals surface area (Å²) in [6, 6.07) is 0. The first-order valence-corrected chi connectivity index (χ1v) is 7.43. The van der Waals surface area contributed by atoms with E-state index in [0.717, 1.165) is 28.0 Å². The topological polar surface area (TPSA) is 89.4 Å². The van der Waals surface area contributed by atoms with E-state index in [4.69, 9.17) is 11.5 Å². The van der Waals surface area contributed by atoms with Gasteiger partial charge in [-0.2, -0.15) is 0 Å². The number of fused-ring (bicyclic) bond motifs is 1. The molecule has 1 aliphatic carbocycles. The molecule has 0 bridgehead atoms. The molecule has 0 saturated heterocycles. The van der Waals surface area contributed by atoms with Crippen molar-refractivity contribution in [2.24, 2.45) is 5.73 Å². The van der Waals surface area contributed by atoms with Gasteiger partial charge in [-0.25, -0.2) is 0 Å². The fourth-order valence-electron chi connectivity index (χ4n) is 2.55. The molecular weight excluding hydrogens is 286 g/mol. The van der Waals surface area contributed by atoms with Gasteiger partial charge in [0, 0.05) is 23.7 Å². The maximum atomic E-state index is 11.6. The number of thiophene rings is 1. The van der Waals surface area contributed by atoms with Crippen LogP contribution in [0.5, 0.6) is 0 Å². The highest BCUT2D eigenvalue weighted by Gasteiger charge is 2.27. The molecule has 0 fully saturated rings. The van der Waals surface area contributed by atoms with Crippen LogP contribution < -0.4 is 11.5 Å². The second-order valence-corrected chi connectivity index (χ2v) is 6.33. The molecule has 5 nitrogen and oxygen atoms in total. The molecule has 21 heavy (non-hydrogen) atoms. The van der Waals surface area contributed by atoms with E-state index in [9.17, 15) is 9.59 Å². The monoisotopic (exact) mass is 305 g/mol. The van der Waals surface area contributed by atoms with Crippen molar-refractivity contribution in [3.05, 3.63) is 34.4 Å². The van der Waals surface area contributed by atoms with E-state index >= 15 is 0 Å². The molecule has 0 atom stereocenters. The third kappa shape index (κ3) is 3.00. The van der Waals surface area contributed by atoms with Crippen LogP contribution in [0.2, 0.25) is 0 Å². The van der Waals surface area contributed by atoms with Crippen LogP contribution in [0.15, 0.2) is 18.4 Å². The van der Waals surface area contributed by atoms with Crippen LogP contribution in [0.1, 0.15) is 34.1 Å². The van der Waals surface area contributed by atoms with Gasteiger partial charge in [0.15, 0.2) is 0 Å². The van der Waals surface area contributed by atoms with Gasteiger partial charge in [-0.05, 0) is 30.9 Å². The fourth-order valence-corrected chi connectivity index (χ4v) is 3.73. The Morgan fingerprint density at radius 3 is 2.67 bits per heavy atom. The van der Waals surface area contributed by atoms with E-state index < -0.39 is 5.91 Å². The van der Waals surface area contributed by atoms with Crippen molar-refractivity contribution in [1.29, 1.82) is 0 Å². The third-order valence-corrected chi connectivity index (χ3v) is 4.50. The Labute approximate surface area is 127 Å². The zero-order valence-electron chi connectivity index (χ0n) is 12.2. The number of allylic oxidation sites excluding steroid dienone is 2. The minimum Gasteiger partial charge on any atom is -0.390 e. The summed E-state index contributed by atoms with van der Waals surface area (Å²) in [5, 5.41) is 0.447. The Hall–Kier alpha value is -2.08. The number of nitrogens with two attached hydrogens (primary N) is 2. The van der Waals surface area contributed by atoms with Gasteiger partial charge in [0.25, 0.3) is 5.91 Å². The Kier molecular flexibility index (Phi) is 4.18. The summed E-state index contributed by atoms with van der Waals surface area (Å²) in [4.78, 5) is 25.5. The highest BCUT2D eigenvalue weighted by molar-refractivity contribution is 7.17. The van der Waals surface area contributed by atoms with Gasteiger partial charge in [0.1, 0.15) is 5.78 Å². The number of likely N-dealkylation sites (N-methyl/N-ethyl adjacent to an activating group) is 1. The fraction of sp³-hybridized carbons (Fsp3) is 0.333. The molecule has 1 amide bonds. The molecule has 4 N–H and O–H groups in total. The van der Waals surface area contributed by atoms with E-state index in [0.29, 0.717) is 23.5 Å². The number of anilines is 1. The predicted molar refractivity (Wildman–Crippen MR) is 86.0 cm³/mol. The molecule has 0 radical (unpaired) electrons. The lowest BCUT2D eigenvalue weighted by molar-refractivity contribution is -0.117. The number of nitrogens with zero attached hydrogens (tertiary/aromatic N) is 1. The number of carbonyl (C=O) groups excluding carboxylic acids is 2. The molecule has 1 aromatic rings. The van der Waals surface area contributed by atoms with Crippen LogP contribution in [-0.4, -0.2) is 30.2 Å². The van der Waals surface area contributed by atoms with Crippen molar-refractivity contribution in [3.8, 4) is 0 Å². The SMILES string of the molecule is C=C1CCc2c(sc(N)c2C(N)=O)/C1=C/N(C)CC(C)=O. The number of ketones is 1. The molecule has 112 valence electrons. The smallest absolute Gasteiger partial charge is 0.251 e. The van der Waals surface area contributed by atoms with Crippen molar-refractivity contribution in [1.82, 2.24) is 4.90 Å². The predicted octanol–water partition coefficient (Wildman–Crippen LogP) is 1.79. The number of Topliss-reactive ketones (excluding diaryl/α,β-unsaturated/α-hetero) is 1. The lowest BCUT2D eigenvalue weighted by atomic mass is 9.88. The normalized spacial score (nSPS) is 15.9. The van der Waals surface area contributed by atoms with Crippen molar-refractivity contribution in [2.45, 2.75) is 19.8 Å². The highest BCUT2D eigenvalue weighted by Crippen LogP contribution is 2.43. The van der Waals surface area contributed by atoms with Gasteiger partial charge in [0.05, 0.1) is 17.1 Å². The minimum absolute atomic E-state index is 0.0829. The Bertz CT molecular complexity index is 658. The zero-order valence-corrected chi connectivity index (χ0v) is 13.0. The molecular formula is C15H19N3O2S. The van der Waals surface area contributed by atoms with Crippen LogP contribution in [-0.2, 0) is 11.2 Å². The van der Waals surface area contributed by atoms with Crippen LogP contribution in [0.25, 0.3) is 5.57 Å². The van der Waals surface area contributed by atoms with Gasteiger partial charge in [-0.3, -0.25) is 9.59 Å². The van der Waals surface area contributed by atoms with Gasteiger partial charge in [-0.1, -0.05) is 6.58 Å². The largest absolute Gasteiger partial charge is 0.390 e. The minimum atomic E-state index is -0.492. The summed E-state index contributed by atoms with van der Waals surface area (Å²) < 4.78 is 0. The van der Waals surface area contributed by atoms with Crippen LogP contribution in [0.4, 0.5) is 5.00 Å². The number of amides is 1. The molecule has 6 heteroatoms. The van der Waals surface area contributed by atoms with Crippen molar-refractivity contribution in [3.63, 3.8) is 0 Å². The van der Waals surface area contributed by atoms with Gasteiger partial charge in [-0.15, -0.1) is 11.3 Å². The van der Waals surface area contributed by atoms with E-state index in [1.165, 1.54) is 11.3 Å². The molecule has 0 unspecified atom stereocenters. The number of hydrogen-bond acceptors (Lipinski definition) is 5. The Morgan fingerprint density at radius 1 is 1.43 bits per heavy atom. The van der Waals surface area contributed by atoms with E-state index in [1.54, 1.807) is 6.92 Å². The van der Waals surface area contributed by atoms with Crippen molar-refractivity contribution >= 4 is 33.6 Å². The summed E-state index contributed by atoms with van der Waals surface area (Å²) in [6.07, 6.45) is 3.36. The van der Waals surface area contributed by atoms with E-state index in [2.05, 4.69) is 6.58 Å². The lowest BCUT2D eigenvalue weighted by Crippen LogP contribution is -2.20. The van der Waals surface area contributed by atoms with E-state index in [-0.39, 0.29) is 5.78 Å². The molecule has 1 aliphatic rings. The zero-order chi connectivity index (χ0) is 15.7. The standard InChI is InChI=1S/C15H19N3O2S/c1-8-4-5-10-12(14(16)20)15(17)21-13(10)11(8)7-18(3)6-9(2)19/h7H,1,4-6,17H2,2-3H3,(H2,16,20)/b11-7+. The van der Waals surface area contributed by atoms with Crippen molar-refractivity contribution in [2.75, 3.05) is 19.3 Å². The Morgan fingerprint density at radius 2 is 2.10 bits per heavy atom. The molecule has 0 aliphatic heterocycles. The van der Waals surface area contributed by atoms with Gasteiger partial charge >= 0.3 is 0 Å². The molecule has 1 aromatic heterocycles. The summed E-state index contributed by atoms with van der Waals surface area (Å²) >= 11 is 1.35. The number of nitrogen functional groups attached to an aromatic ring is 1. The number of primary amides is 1. The van der Waals surface area contributed by atoms with E-state index in [1.807, 2.05) is 18.1 Å². The first-order chi connectivity index (χ1) is 9.81. The summed E-state index contributed by atoms with van der Waals surface area (Å²) in [7, 11) is 1.84. The van der Waals surface area contributed by atoms with Crippen molar-refractivity contribution < 1.29 is 9.59 Å². The summed E-state index contributed by atoms with van der Waals surface area (Å²) in [5.41, 5.74) is 14.6. The Balaban J connectivity index is 2.48. The first-order valence-electron chi connectivity index (χ1n) is 6.62. The highest BCUT2D eigenvalue weighted by atomic mass is 32.1. The number of carbonyl (C=O) groups is 2. The van der Waals surface area contributed by atoms with Crippen LogP contribution in [0, 0.1) is 0 Å². The second-order valence-electron chi connectivity index (χ2n) is 5.28. The average molecular weight is 305 g/mol. The van der Waals surface area contributed by atoms with Crippen LogP contribution in [0.3, 0.4) is 0 Å². The molecule has 0 saturated carbocycles. The second kappa shape index (κ2) is 5.73. The molecule has 0 aromatic carbocycles.